The van der Waals surface area contributed by atoms with Gasteiger partial charge in [-0.05, 0) is 57.5 Å². The second kappa shape index (κ2) is 8.42. The Morgan fingerprint density at radius 2 is 1.60 bits per heavy atom. The molecule has 4 aromatic carbocycles. The monoisotopic (exact) mass is 459 g/mol. The summed E-state index contributed by atoms with van der Waals surface area (Å²) in [6, 6.07) is 31.0. The third kappa shape index (κ3) is 4.01. The summed E-state index contributed by atoms with van der Waals surface area (Å²) in [5, 5.41) is 6.13. The lowest BCUT2D eigenvalue weighted by Gasteiger charge is -2.40. The molecule has 6 rings (SSSR count). The first-order valence-electron chi connectivity index (χ1n) is 12.3. The molecule has 1 heterocycles. The molecule has 0 bridgehead atoms. The van der Waals surface area contributed by atoms with E-state index in [0.29, 0.717) is 13.0 Å². The fourth-order valence-electron chi connectivity index (χ4n) is 5.58. The molecule has 1 aliphatic heterocycles. The van der Waals surface area contributed by atoms with Crippen LogP contribution in [-0.2, 0) is 11.4 Å². The number of ether oxygens (including phenoxy) is 1. The predicted molar refractivity (Wildman–Crippen MR) is 142 cm³/mol. The molecule has 0 amide bonds. The highest BCUT2D eigenvalue weighted by atomic mass is 16.5. The summed E-state index contributed by atoms with van der Waals surface area (Å²) in [5.74, 6) is 1.07. The number of ketones is 1. The molecule has 0 fully saturated rings. The lowest BCUT2D eigenvalue weighted by atomic mass is 9.68. The Labute approximate surface area is 206 Å². The van der Waals surface area contributed by atoms with Crippen molar-refractivity contribution in [1.82, 2.24) is 0 Å². The average molecular weight is 460 g/mol. The van der Waals surface area contributed by atoms with Crippen molar-refractivity contribution in [2.75, 3.05) is 5.32 Å². The normalized spacial score (nSPS) is 18.6. The van der Waals surface area contributed by atoms with Gasteiger partial charge in [0.15, 0.2) is 5.78 Å². The number of hydrogen-bond acceptors (Lipinski definition) is 3. The smallest absolute Gasteiger partial charge is 0.162 e. The second-order valence-electron chi connectivity index (χ2n) is 10.5. The van der Waals surface area contributed by atoms with Crippen molar-refractivity contribution in [3.63, 3.8) is 0 Å². The van der Waals surface area contributed by atoms with Crippen LogP contribution in [0.4, 0.5) is 5.69 Å². The molecule has 35 heavy (non-hydrogen) atoms. The topological polar surface area (TPSA) is 38.3 Å². The molecule has 0 spiro atoms. The molecule has 3 nitrogen and oxygen atoms in total. The Bertz CT molecular complexity index is 1450. The summed E-state index contributed by atoms with van der Waals surface area (Å²) in [5.41, 5.74) is 6.58. The number of nitrogens with one attached hydrogen (secondary N) is 1. The van der Waals surface area contributed by atoms with E-state index in [1.54, 1.807) is 0 Å². The van der Waals surface area contributed by atoms with E-state index in [2.05, 4.69) is 79.8 Å². The molecule has 4 aromatic rings. The Balaban J connectivity index is 1.39. The number of Topliss-reactive ketones (excluding diaryl/α,β-unsaturated/α-hetero) is 1. The van der Waals surface area contributed by atoms with E-state index in [9.17, 15) is 4.79 Å². The summed E-state index contributed by atoms with van der Waals surface area (Å²) in [7, 11) is 0. The Morgan fingerprint density at radius 3 is 2.40 bits per heavy atom. The summed E-state index contributed by atoms with van der Waals surface area (Å²) in [6.45, 7) is 4.94. The highest BCUT2D eigenvalue weighted by Gasteiger charge is 2.40. The van der Waals surface area contributed by atoms with E-state index in [-0.39, 0.29) is 17.2 Å². The van der Waals surface area contributed by atoms with Crippen LogP contribution in [-0.4, -0.2) is 5.78 Å². The summed E-state index contributed by atoms with van der Waals surface area (Å²) in [6.07, 6.45) is 1.47. The third-order valence-corrected chi connectivity index (χ3v) is 7.20. The first-order valence-corrected chi connectivity index (χ1v) is 12.3. The zero-order valence-electron chi connectivity index (χ0n) is 20.2. The molecule has 2 aliphatic rings. The molecule has 3 heteroatoms. The first kappa shape index (κ1) is 21.7. The molecule has 1 N–H and O–H groups in total. The highest BCUT2D eigenvalue weighted by Crippen LogP contribution is 2.52. The molecule has 0 aromatic heterocycles. The molecule has 1 atom stereocenters. The quantitative estimate of drug-likeness (QED) is 0.339. The molecule has 1 unspecified atom stereocenters. The van der Waals surface area contributed by atoms with Crippen LogP contribution >= 0.6 is 0 Å². The van der Waals surface area contributed by atoms with Crippen molar-refractivity contribution in [3.05, 3.63) is 113 Å². The molecular formula is C32H29NO2. The Kier molecular flexibility index (Phi) is 5.21. The van der Waals surface area contributed by atoms with Gasteiger partial charge in [-0.2, -0.15) is 0 Å². The lowest BCUT2D eigenvalue weighted by molar-refractivity contribution is -0.118. The summed E-state index contributed by atoms with van der Waals surface area (Å²) >= 11 is 0. The van der Waals surface area contributed by atoms with Crippen LogP contribution in [0.1, 0.15) is 49.4 Å². The first-order chi connectivity index (χ1) is 17.0. The molecule has 174 valence electrons. The molecule has 0 saturated carbocycles. The minimum absolute atomic E-state index is 0.0544. The number of carbonyl (C=O) groups excluding carboxylic acids is 1. The van der Waals surface area contributed by atoms with Gasteiger partial charge in [0.1, 0.15) is 12.4 Å². The van der Waals surface area contributed by atoms with E-state index in [1.165, 1.54) is 21.9 Å². The average Bonchev–Trinajstić information content (AvgIpc) is 2.87. The van der Waals surface area contributed by atoms with Gasteiger partial charge < -0.3 is 10.1 Å². The van der Waals surface area contributed by atoms with Gasteiger partial charge in [-0.15, -0.1) is 0 Å². The van der Waals surface area contributed by atoms with Gasteiger partial charge in [0.25, 0.3) is 0 Å². The minimum Gasteiger partial charge on any atom is -0.489 e. The van der Waals surface area contributed by atoms with Crippen LogP contribution in [0.2, 0.25) is 0 Å². The summed E-state index contributed by atoms with van der Waals surface area (Å²) in [4.78, 5) is 13.6. The van der Waals surface area contributed by atoms with Gasteiger partial charge in [0.2, 0.25) is 0 Å². The fraction of sp³-hybridized carbons (Fsp3) is 0.219. The number of benzene rings is 4. The van der Waals surface area contributed by atoms with E-state index in [4.69, 9.17) is 4.74 Å². The van der Waals surface area contributed by atoms with Crippen molar-refractivity contribution in [3.8, 4) is 5.75 Å². The molecule has 0 saturated heterocycles. The number of rotatable bonds is 4. The Morgan fingerprint density at radius 1 is 0.857 bits per heavy atom. The SMILES string of the molecule is CC1(C)CC(=O)C2=C(C1)c1c(ccc3ccccc13)NC2c1ccc(OCc2ccccc2)cc1. The zero-order chi connectivity index (χ0) is 24.0. The highest BCUT2D eigenvalue weighted by molar-refractivity contribution is 6.12. The van der Waals surface area contributed by atoms with E-state index in [1.807, 2.05) is 30.3 Å². The van der Waals surface area contributed by atoms with Gasteiger partial charge in [-0.1, -0.05) is 86.6 Å². The van der Waals surface area contributed by atoms with Crippen LogP contribution in [0.25, 0.3) is 16.3 Å². The van der Waals surface area contributed by atoms with Crippen LogP contribution in [0.5, 0.6) is 5.75 Å². The molecule has 1 aliphatic carbocycles. The molecular weight excluding hydrogens is 430 g/mol. The Hall–Kier alpha value is -3.85. The standard InChI is InChI=1S/C32H29NO2/c1-32(2)18-26-29-25-11-7-6-10-22(25)14-17-27(29)33-31(30(26)28(34)19-32)23-12-15-24(16-13-23)35-20-21-8-4-3-5-9-21/h3-17,31,33H,18-20H2,1-2H3. The van der Waals surface area contributed by atoms with Crippen LogP contribution in [0.15, 0.2) is 96.6 Å². The van der Waals surface area contributed by atoms with Gasteiger partial charge in [0.05, 0.1) is 6.04 Å². The van der Waals surface area contributed by atoms with Crippen molar-refractivity contribution in [2.45, 2.75) is 39.3 Å². The lowest BCUT2D eigenvalue weighted by Crippen LogP contribution is -2.33. The van der Waals surface area contributed by atoms with E-state index in [0.717, 1.165) is 34.6 Å². The maximum atomic E-state index is 13.6. The van der Waals surface area contributed by atoms with Gasteiger partial charge in [-0.3, -0.25) is 4.79 Å². The van der Waals surface area contributed by atoms with E-state index >= 15 is 0 Å². The van der Waals surface area contributed by atoms with Crippen LogP contribution in [0.3, 0.4) is 0 Å². The van der Waals surface area contributed by atoms with Crippen molar-refractivity contribution in [1.29, 1.82) is 0 Å². The largest absolute Gasteiger partial charge is 0.489 e. The zero-order valence-corrected chi connectivity index (χ0v) is 20.2. The number of fused-ring (bicyclic) bond motifs is 4. The van der Waals surface area contributed by atoms with Crippen LogP contribution in [0, 0.1) is 5.41 Å². The maximum Gasteiger partial charge on any atom is 0.162 e. The van der Waals surface area contributed by atoms with Crippen molar-refractivity contribution < 1.29 is 9.53 Å². The molecule has 0 radical (unpaired) electrons. The van der Waals surface area contributed by atoms with Gasteiger partial charge in [-0.25, -0.2) is 0 Å². The number of allylic oxidation sites excluding steroid dienone is 1. The van der Waals surface area contributed by atoms with Crippen LogP contribution < -0.4 is 10.1 Å². The predicted octanol–water partition coefficient (Wildman–Crippen LogP) is 7.73. The van der Waals surface area contributed by atoms with Gasteiger partial charge in [0, 0.05) is 23.2 Å². The fourth-order valence-corrected chi connectivity index (χ4v) is 5.58. The second-order valence-corrected chi connectivity index (χ2v) is 10.5. The maximum absolute atomic E-state index is 13.6. The third-order valence-electron chi connectivity index (χ3n) is 7.20. The number of carbonyl (C=O) groups is 1. The number of anilines is 1. The minimum atomic E-state index is -0.162. The van der Waals surface area contributed by atoms with Crippen molar-refractivity contribution >= 4 is 27.8 Å². The van der Waals surface area contributed by atoms with E-state index < -0.39 is 0 Å². The van der Waals surface area contributed by atoms with Gasteiger partial charge >= 0.3 is 0 Å². The number of hydrogen-bond donors (Lipinski definition) is 1. The summed E-state index contributed by atoms with van der Waals surface area (Å²) < 4.78 is 5.99. The van der Waals surface area contributed by atoms with Crippen molar-refractivity contribution in [2.24, 2.45) is 5.41 Å².